The van der Waals surface area contributed by atoms with Gasteiger partial charge >= 0.3 is 0 Å². The minimum atomic E-state index is -0.238. The van der Waals surface area contributed by atoms with Gasteiger partial charge in [-0.15, -0.1) is 0 Å². The highest BCUT2D eigenvalue weighted by atomic mass is 79.9. The van der Waals surface area contributed by atoms with Crippen LogP contribution in [-0.2, 0) is 0 Å². The Bertz CT molecular complexity index is 667. The number of rotatable bonds is 1. The number of fused-ring (bicyclic) bond motifs is 1. The first kappa shape index (κ1) is 12.4. The lowest BCUT2D eigenvalue weighted by atomic mass is 10.1. The molecule has 0 spiro atoms. The second-order valence-electron chi connectivity index (χ2n) is 4.47. The van der Waals surface area contributed by atoms with Gasteiger partial charge in [0, 0.05) is 21.9 Å². The van der Waals surface area contributed by atoms with E-state index in [1.54, 1.807) is 12.3 Å². The van der Waals surface area contributed by atoms with Crippen LogP contribution in [0.3, 0.4) is 0 Å². The molecule has 0 N–H and O–H groups in total. The molecule has 0 aromatic heterocycles. The molecule has 96 valence electrons. The fourth-order valence-corrected chi connectivity index (χ4v) is 2.62. The zero-order valence-corrected chi connectivity index (χ0v) is 12.0. The lowest BCUT2D eigenvalue weighted by Gasteiger charge is -2.29. The van der Waals surface area contributed by atoms with E-state index in [2.05, 4.69) is 32.7 Å². The molecule has 0 saturated carbocycles. The lowest BCUT2D eigenvalue weighted by molar-refractivity contribution is 0.627. The molecule has 0 fully saturated rings. The van der Waals surface area contributed by atoms with Gasteiger partial charge in [0.2, 0.25) is 0 Å². The molecular weight excluding hydrogens is 307 g/mol. The van der Waals surface area contributed by atoms with Crippen LogP contribution in [0.1, 0.15) is 11.1 Å². The average Bonchev–Trinajstić information content (AvgIpc) is 2.41. The highest BCUT2D eigenvalue weighted by Gasteiger charge is 2.18. The molecule has 1 aliphatic rings. The molecule has 0 bridgehead atoms. The molecule has 4 heteroatoms. The van der Waals surface area contributed by atoms with Crippen molar-refractivity contribution in [3.63, 3.8) is 0 Å². The van der Waals surface area contributed by atoms with Crippen molar-refractivity contribution < 1.29 is 4.39 Å². The summed E-state index contributed by atoms with van der Waals surface area (Å²) in [4.78, 5) is 6.40. The highest BCUT2D eigenvalue weighted by molar-refractivity contribution is 9.10. The highest BCUT2D eigenvalue weighted by Crippen LogP contribution is 2.35. The molecule has 2 nitrogen and oxygen atoms in total. The molecule has 2 aromatic rings. The number of benzene rings is 2. The summed E-state index contributed by atoms with van der Waals surface area (Å²) in [6.45, 7) is 2.61. The van der Waals surface area contributed by atoms with Gasteiger partial charge in [-0.25, -0.2) is 4.39 Å². The molecule has 0 aliphatic carbocycles. The molecule has 0 saturated heterocycles. The Morgan fingerprint density at radius 2 is 2.05 bits per heavy atom. The van der Waals surface area contributed by atoms with Crippen molar-refractivity contribution in [2.45, 2.75) is 6.92 Å². The van der Waals surface area contributed by atoms with Gasteiger partial charge in [0.25, 0.3) is 0 Å². The molecular formula is C15H12BrFN2. The zero-order valence-electron chi connectivity index (χ0n) is 10.4. The summed E-state index contributed by atoms with van der Waals surface area (Å²) in [5.41, 5.74) is 4.03. The summed E-state index contributed by atoms with van der Waals surface area (Å²) in [7, 11) is 0. The standard InChI is InChI=1S/C15H12BrFN2/c1-10-13(16)3-2-4-14(10)19-9-18-8-11-7-12(17)5-6-15(11)19/h2-8H,9H2,1H3. The fourth-order valence-electron chi connectivity index (χ4n) is 2.27. The van der Waals surface area contributed by atoms with Crippen molar-refractivity contribution in [3.05, 3.63) is 57.8 Å². The smallest absolute Gasteiger partial charge is 0.124 e. The minimum Gasteiger partial charge on any atom is -0.321 e. The van der Waals surface area contributed by atoms with Crippen LogP contribution in [0.4, 0.5) is 15.8 Å². The van der Waals surface area contributed by atoms with Crippen molar-refractivity contribution in [3.8, 4) is 0 Å². The lowest BCUT2D eigenvalue weighted by Crippen LogP contribution is -2.22. The number of halogens is 2. The first-order valence-corrected chi connectivity index (χ1v) is 6.78. The fraction of sp³-hybridized carbons (Fsp3) is 0.133. The molecule has 19 heavy (non-hydrogen) atoms. The maximum atomic E-state index is 13.3. The Kier molecular flexibility index (Phi) is 3.11. The van der Waals surface area contributed by atoms with Gasteiger partial charge < -0.3 is 4.90 Å². The van der Waals surface area contributed by atoms with E-state index < -0.39 is 0 Å². The van der Waals surface area contributed by atoms with Gasteiger partial charge in [-0.1, -0.05) is 22.0 Å². The predicted molar refractivity (Wildman–Crippen MR) is 79.9 cm³/mol. The van der Waals surface area contributed by atoms with Gasteiger partial charge in [0.1, 0.15) is 12.5 Å². The van der Waals surface area contributed by atoms with Crippen LogP contribution in [0.2, 0.25) is 0 Å². The van der Waals surface area contributed by atoms with Crippen LogP contribution in [0, 0.1) is 12.7 Å². The van der Waals surface area contributed by atoms with Crippen molar-refractivity contribution >= 4 is 33.5 Å². The number of hydrogen-bond donors (Lipinski definition) is 0. The summed E-state index contributed by atoms with van der Waals surface area (Å²) in [5.74, 6) is -0.238. The van der Waals surface area contributed by atoms with Crippen LogP contribution in [0.25, 0.3) is 0 Å². The minimum absolute atomic E-state index is 0.238. The number of nitrogens with zero attached hydrogens (tertiary/aromatic N) is 2. The molecule has 0 unspecified atom stereocenters. The third-order valence-corrected chi connectivity index (χ3v) is 4.12. The third kappa shape index (κ3) is 2.16. The van der Waals surface area contributed by atoms with E-state index in [0.29, 0.717) is 6.67 Å². The first-order valence-electron chi connectivity index (χ1n) is 5.99. The van der Waals surface area contributed by atoms with E-state index in [9.17, 15) is 4.39 Å². The van der Waals surface area contributed by atoms with E-state index in [-0.39, 0.29) is 5.82 Å². The Morgan fingerprint density at radius 3 is 2.89 bits per heavy atom. The van der Waals surface area contributed by atoms with Crippen LogP contribution in [0.5, 0.6) is 0 Å². The van der Waals surface area contributed by atoms with E-state index in [1.807, 2.05) is 18.2 Å². The van der Waals surface area contributed by atoms with E-state index in [4.69, 9.17) is 0 Å². The molecule has 1 aliphatic heterocycles. The second-order valence-corrected chi connectivity index (χ2v) is 5.32. The van der Waals surface area contributed by atoms with E-state index >= 15 is 0 Å². The van der Waals surface area contributed by atoms with Crippen LogP contribution < -0.4 is 4.90 Å². The van der Waals surface area contributed by atoms with Crippen molar-refractivity contribution in [1.82, 2.24) is 0 Å². The Balaban J connectivity index is 2.13. The normalized spacial score (nSPS) is 13.5. The number of aliphatic imine (C=N–C) groups is 1. The van der Waals surface area contributed by atoms with Gasteiger partial charge in [-0.3, -0.25) is 4.99 Å². The number of hydrogen-bond acceptors (Lipinski definition) is 2. The van der Waals surface area contributed by atoms with Crippen LogP contribution in [-0.4, -0.2) is 12.9 Å². The summed E-state index contributed by atoms with van der Waals surface area (Å²) in [6, 6.07) is 10.9. The molecule has 0 atom stereocenters. The van der Waals surface area contributed by atoms with Crippen molar-refractivity contribution in [2.24, 2.45) is 4.99 Å². The summed E-state index contributed by atoms with van der Waals surface area (Å²) < 4.78 is 14.3. The van der Waals surface area contributed by atoms with Gasteiger partial charge in [0.15, 0.2) is 0 Å². The second kappa shape index (κ2) is 4.78. The Morgan fingerprint density at radius 1 is 1.21 bits per heavy atom. The van der Waals surface area contributed by atoms with Gasteiger partial charge in [-0.05, 0) is 42.8 Å². The monoisotopic (exact) mass is 318 g/mol. The summed E-state index contributed by atoms with van der Waals surface area (Å²) in [5, 5.41) is 0. The maximum Gasteiger partial charge on any atom is 0.124 e. The summed E-state index contributed by atoms with van der Waals surface area (Å²) in [6.07, 6.45) is 1.72. The predicted octanol–water partition coefficient (Wildman–Crippen LogP) is 4.42. The third-order valence-electron chi connectivity index (χ3n) is 3.26. The maximum absolute atomic E-state index is 13.3. The first-order chi connectivity index (χ1) is 9.16. The van der Waals surface area contributed by atoms with Gasteiger partial charge in [0.05, 0.1) is 5.69 Å². The Hall–Kier alpha value is -1.68. The molecule has 0 radical (unpaired) electrons. The average molecular weight is 319 g/mol. The van der Waals surface area contributed by atoms with Gasteiger partial charge in [-0.2, -0.15) is 0 Å². The van der Waals surface area contributed by atoms with Crippen molar-refractivity contribution in [1.29, 1.82) is 0 Å². The van der Waals surface area contributed by atoms with Crippen LogP contribution >= 0.6 is 15.9 Å². The quantitative estimate of drug-likeness (QED) is 0.759. The largest absolute Gasteiger partial charge is 0.321 e. The van der Waals surface area contributed by atoms with Crippen molar-refractivity contribution in [2.75, 3.05) is 11.6 Å². The molecule has 0 amide bonds. The molecule has 2 aromatic carbocycles. The molecule has 1 heterocycles. The topological polar surface area (TPSA) is 15.6 Å². The SMILES string of the molecule is Cc1c(Br)cccc1N1CN=Cc2cc(F)ccc21. The van der Waals surface area contributed by atoms with E-state index in [1.165, 1.54) is 12.1 Å². The Labute approximate surface area is 119 Å². The summed E-state index contributed by atoms with van der Waals surface area (Å²) >= 11 is 3.54. The van der Waals surface area contributed by atoms with Crippen LogP contribution in [0.15, 0.2) is 45.9 Å². The molecule has 3 rings (SSSR count). The number of anilines is 2. The van der Waals surface area contributed by atoms with E-state index in [0.717, 1.165) is 27.0 Å². The zero-order chi connectivity index (χ0) is 13.4.